The van der Waals surface area contributed by atoms with Crippen molar-refractivity contribution in [3.63, 3.8) is 0 Å². The lowest BCUT2D eigenvalue weighted by Gasteiger charge is -2.13. The van der Waals surface area contributed by atoms with Crippen molar-refractivity contribution >= 4 is 66.4 Å². The summed E-state index contributed by atoms with van der Waals surface area (Å²) in [5.74, 6) is 7.32. The topological polar surface area (TPSA) is 150 Å². The van der Waals surface area contributed by atoms with Crippen LogP contribution in [-0.4, -0.2) is 19.9 Å². The summed E-state index contributed by atoms with van der Waals surface area (Å²) in [5, 5.41) is 6.28. The van der Waals surface area contributed by atoms with Crippen molar-refractivity contribution in [2.24, 2.45) is 20.0 Å². The number of rotatable bonds is 40. The first kappa shape index (κ1) is 72.7. The number of unbranched alkanes of at least 4 members (excludes halogenated alkanes) is 24. The van der Waals surface area contributed by atoms with Gasteiger partial charge in [-0.1, -0.05) is 279 Å². The lowest BCUT2D eigenvalue weighted by atomic mass is 10.0. The molecule has 8 aromatic carbocycles. The van der Waals surface area contributed by atoms with Crippen molar-refractivity contribution < 1.29 is 18.9 Å². The van der Waals surface area contributed by atoms with Gasteiger partial charge in [-0.05, 0) is 146 Å². The first-order valence-corrected chi connectivity index (χ1v) is 39.9. The molecule has 540 valence electrons. The van der Waals surface area contributed by atoms with Crippen molar-refractivity contribution in [1.82, 2.24) is 19.9 Å². The van der Waals surface area contributed by atoms with Gasteiger partial charge in [-0.25, -0.2) is 20.0 Å². The van der Waals surface area contributed by atoms with Gasteiger partial charge in [0.1, 0.15) is 91.2 Å². The highest BCUT2D eigenvalue weighted by Gasteiger charge is 2.25. The van der Waals surface area contributed by atoms with Gasteiger partial charge >= 0.3 is 0 Å². The van der Waals surface area contributed by atoms with E-state index in [0.717, 1.165) is 72.9 Å². The number of aryl methyl sites for hydroxylation is 4. The van der Waals surface area contributed by atoms with E-state index >= 15 is 0 Å². The van der Waals surface area contributed by atoms with Crippen LogP contribution >= 0.6 is 0 Å². The van der Waals surface area contributed by atoms with Gasteiger partial charge in [0.2, 0.25) is 0 Å². The maximum atomic E-state index is 7.18. The zero-order valence-corrected chi connectivity index (χ0v) is 62.2. The third-order valence-corrected chi connectivity index (χ3v) is 20.8. The summed E-state index contributed by atoms with van der Waals surface area (Å²) >= 11 is 0. The number of H-pyrrole nitrogens is 4. The van der Waals surface area contributed by atoms with E-state index in [1.807, 2.05) is 48.5 Å². The predicted octanol–water partition coefficient (Wildman–Crippen LogP) is 26.1. The number of benzene rings is 8. The van der Waals surface area contributed by atoms with Crippen molar-refractivity contribution in [2.75, 3.05) is 0 Å². The molecule has 0 radical (unpaired) electrons. The molecule has 0 spiro atoms. The van der Waals surface area contributed by atoms with Crippen LogP contribution in [0.25, 0.3) is 43.1 Å². The van der Waals surface area contributed by atoms with Crippen molar-refractivity contribution in [1.29, 1.82) is 0 Å². The Hall–Kier alpha value is -9.68. The standard InChI is InChI=1S/C92H108N8O4/c1-5-9-13-17-21-25-29-37-65-45-53-69(54-46-65)101-77-61-63-79(103-71-57-49-67(50-58-71)39-31-27-23-19-15-11-7-3)83-81(77)89-96-87-75-43-35-33-41-73(75)85(94-87)93-86-74-42-34-36-44-76(74)88(95-86)97-90-82-78(102-70-55-47-66(48-56-70)38-30-26-22-18-14-10-6-2)62-64-80(84(82)92(99-90)100-91(83)98-89)104-72-59-51-68(52-60-72)40-32-28-24-20-16-12-8-4/h33-36,41-64H,5-32,37-40H2,1-4H3,(H4,93,94,95,96,97,98,99,100). The Morgan fingerprint density at radius 3 is 0.779 bits per heavy atom. The molecule has 104 heavy (non-hydrogen) atoms. The van der Waals surface area contributed by atoms with E-state index in [0.29, 0.717) is 113 Å². The van der Waals surface area contributed by atoms with Crippen molar-refractivity contribution in [3.05, 3.63) is 214 Å². The average molecular weight is 1390 g/mol. The van der Waals surface area contributed by atoms with E-state index in [1.165, 1.54) is 176 Å². The summed E-state index contributed by atoms with van der Waals surface area (Å²) < 4.78 is 28.6. The second kappa shape index (κ2) is 37.2. The van der Waals surface area contributed by atoms with E-state index in [2.05, 4.69) is 169 Å². The molecule has 0 saturated heterocycles. The molecule has 8 bridgehead atoms. The Balaban J connectivity index is 0.982. The van der Waals surface area contributed by atoms with Gasteiger partial charge in [-0.2, -0.15) is 0 Å². The molecule has 0 atom stereocenters. The molecule has 0 saturated carbocycles. The van der Waals surface area contributed by atoms with Gasteiger partial charge < -0.3 is 38.9 Å². The molecular weight excluding hydrogens is 1280 g/mol. The highest BCUT2D eigenvalue weighted by molar-refractivity contribution is 6.08. The number of nitrogens with zero attached hydrogens (tertiary/aromatic N) is 4. The lowest BCUT2D eigenvalue weighted by Crippen LogP contribution is -2.10. The van der Waals surface area contributed by atoms with Crippen LogP contribution in [-0.2, 0) is 25.7 Å². The SMILES string of the molecule is CCCCCCCCCc1ccc(Oc2ccc(Oc3ccc(CCCCCCCCC)cc3)c3c4[nH]c(c23)N=c2[nH]c(c3ccccc23)=Nc2[nH]c(c3ccccc23)N=c2[nH]c(c3c(Oc5ccc(CCCCCCCCC)cc5)ccc(Oc5ccc(CCCCCCCCC)cc5)c23)=N4)cc1. The van der Waals surface area contributed by atoms with Crippen LogP contribution in [0.2, 0.25) is 0 Å². The molecule has 5 heterocycles. The second-order valence-corrected chi connectivity index (χ2v) is 28.9. The normalized spacial score (nSPS) is 12.0. The zero-order chi connectivity index (χ0) is 71.1. The number of aromatic nitrogens is 4. The summed E-state index contributed by atoms with van der Waals surface area (Å²) in [6.07, 6.45) is 39.6. The summed E-state index contributed by atoms with van der Waals surface area (Å²) in [5.41, 5.74) is 7.40. The molecular formula is C92H108N8O4. The summed E-state index contributed by atoms with van der Waals surface area (Å²) in [4.78, 5) is 37.5. The van der Waals surface area contributed by atoms with Crippen LogP contribution < -0.4 is 40.9 Å². The van der Waals surface area contributed by atoms with E-state index in [1.54, 1.807) is 0 Å². The van der Waals surface area contributed by atoms with Crippen LogP contribution in [0.4, 0.5) is 23.3 Å². The minimum absolute atomic E-state index is 0.471. The molecule has 0 unspecified atom stereocenters. The lowest BCUT2D eigenvalue weighted by molar-refractivity contribution is 0.477. The largest absolute Gasteiger partial charge is 0.457 e. The minimum atomic E-state index is 0.471. The van der Waals surface area contributed by atoms with Crippen LogP contribution in [0.1, 0.15) is 230 Å². The summed E-state index contributed by atoms with van der Waals surface area (Å²) in [6.45, 7) is 9.11. The minimum Gasteiger partial charge on any atom is -0.457 e. The Morgan fingerprint density at radius 1 is 0.221 bits per heavy atom. The molecule has 0 aliphatic carbocycles. The fraction of sp³-hybridized carbons (Fsp3) is 0.391. The third-order valence-electron chi connectivity index (χ3n) is 20.8. The van der Waals surface area contributed by atoms with E-state index in [4.69, 9.17) is 38.9 Å². The first-order valence-electron chi connectivity index (χ1n) is 39.9. The van der Waals surface area contributed by atoms with Gasteiger partial charge in [-0.3, -0.25) is 0 Å². The Labute approximate surface area is 615 Å². The van der Waals surface area contributed by atoms with Crippen LogP contribution in [0.3, 0.4) is 0 Å². The molecule has 4 aromatic heterocycles. The molecule has 12 nitrogen and oxygen atoms in total. The highest BCUT2D eigenvalue weighted by Crippen LogP contribution is 2.48. The summed E-state index contributed by atoms with van der Waals surface area (Å²) in [7, 11) is 0. The molecule has 4 N–H and O–H groups in total. The number of nitrogens with one attached hydrogen (secondary N) is 4. The molecule has 0 fully saturated rings. The molecule has 12 heteroatoms. The monoisotopic (exact) mass is 1390 g/mol. The van der Waals surface area contributed by atoms with Gasteiger partial charge in [0.05, 0.1) is 21.5 Å². The maximum absolute atomic E-state index is 7.18. The Bertz CT molecular complexity index is 4980. The Morgan fingerprint density at radius 2 is 0.462 bits per heavy atom. The van der Waals surface area contributed by atoms with Crippen LogP contribution in [0, 0.1) is 0 Å². The molecule has 12 aromatic rings. The van der Waals surface area contributed by atoms with Crippen LogP contribution in [0.15, 0.2) is 190 Å². The number of aromatic amines is 4. The van der Waals surface area contributed by atoms with Gasteiger partial charge in [0.15, 0.2) is 0 Å². The van der Waals surface area contributed by atoms with Crippen molar-refractivity contribution in [2.45, 2.75) is 233 Å². The molecule has 0 amide bonds. The number of fused-ring (bicyclic) bond motifs is 20. The fourth-order valence-corrected chi connectivity index (χ4v) is 14.9. The fourth-order valence-electron chi connectivity index (χ4n) is 14.9. The van der Waals surface area contributed by atoms with Crippen LogP contribution in [0.5, 0.6) is 46.0 Å². The molecule has 1 aliphatic heterocycles. The van der Waals surface area contributed by atoms with E-state index in [9.17, 15) is 0 Å². The predicted molar refractivity (Wildman–Crippen MR) is 429 cm³/mol. The Kier molecular flexibility index (Phi) is 26.0. The zero-order valence-electron chi connectivity index (χ0n) is 62.2. The highest BCUT2D eigenvalue weighted by atomic mass is 16.5. The first-order chi connectivity index (χ1) is 51.4. The number of hydrogen-bond donors (Lipinski definition) is 4. The molecule has 13 rings (SSSR count). The summed E-state index contributed by atoms with van der Waals surface area (Å²) in [6, 6.07) is 58.8. The van der Waals surface area contributed by atoms with E-state index in [-0.39, 0.29) is 0 Å². The molecule has 1 aliphatic rings. The number of hydrogen-bond acceptors (Lipinski definition) is 8. The van der Waals surface area contributed by atoms with E-state index < -0.39 is 0 Å². The maximum Gasteiger partial charge on any atom is 0.145 e. The second-order valence-electron chi connectivity index (χ2n) is 28.9. The van der Waals surface area contributed by atoms with Gasteiger partial charge in [-0.15, -0.1) is 0 Å². The van der Waals surface area contributed by atoms with Crippen molar-refractivity contribution in [3.8, 4) is 46.0 Å². The average Bonchev–Trinajstić information content (AvgIpc) is 1.58. The third kappa shape index (κ3) is 18.8. The smallest absolute Gasteiger partial charge is 0.145 e. The number of ether oxygens (including phenoxy) is 4. The van der Waals surface area contributed by atoms with Gasteiger partial charge in [0, 0.05) is 21.5 Å². The quantitative estimate of drug-likeness (QED) is 0.0283. The van der Waals surface area contributed by atoms with Gasteiger partial charge in [0.25, 0.3) is 0 Å².